The third kappa shape index (κ3) is 45.6. The Morgan fingerprint density at radius 3 is 1.00 bits per heavy atom. The zero-order valence-electron chi connectivity index (χ0n) is 31.5. The molecule has 0 aromatic heterocycles. The first-order valence-electron chi connectivity index (χ1n) is 18.2. The highest BCUT2D eigenvalue weighted by Gasteiger charge is 2.05. The van der Waals surface area contributed by atoms with Crippen molar-refractivity contribution >= 4 is 23.8 Å². The molecule has 0 aliphatic carbocycles. The molecule has 20 heteroatoms. The number of hydrogen-bond acceptors (Lipinski definition) is 17. The summed E-state index contributed by atoms with van der Waals surface area (Å²) in [7, 11) is 0. The van der Waals surface area contributed by atoms with Crippen molar-refractivity contribution in [2.75, 3.05) is 172 Å². The number of hydrogen-bond donors (Lipinski definition) is 3. The molecule has 1 amide bonds. The fourth-order valence-corrected chi connectivity index (χ4v) is 3.68. The van der Waals surface area contributed by atoms with Crippen molar-refractivity contribution in [1.82, 2.24) is 5.32 Å². The van der Waals surface area contributed by atoms with Crippen LogP contribution in [-0.2, 0) is 80.8 Å². The average Bonchev–Trinajstić information content (AvgIpc) is 3.14. The highest BCUT2D eigenvalue weighted by molar-refractivity contribution is 5.77. The van der Waals surface area contributed by atoms with E-state index in [-0.39, 0.29) is 38.6 Å². The lowest BCUT2D eigenvalue weighted by atomic mass is 10.2. The smallest absolute Gasteiger partial charge is 0.329 e. The third-order valence-electron chi connectivity index (χ3n) is 6.26. The minimum absolute atomic E-state index is 0.0520. The maximum atomic E-state index is 11.5. The van der Waals surface area contributed by atoms with Crippen LogP contribution < -0.4 is 5.32 Å². The Bertz CT molecular complexity index is 869. The standard InChI is InChI=1S/C34H63NO19/c36-31(29-53-30-33(39)40)35-5-6-42-7-8-43-9-10-44-11-12-45-13-14-46-15-16-47-17-18-48-19-20-49-21-22-50-23-24-51-25-26-52-27-28-54-34(41)4-2-1-3-32(37)38/h1-30H2,(H,35,36)(H,37,38)(H,39,40). The predicted molar refractivity (Wildman–Crippen MR) is 188 cm³/mol. The van der Waals surface area contributed by atoms with Crippen molar-refractivity contribution in [1.29, 1.82) is 0 Å². The van der Waals surface area contributed by atoms with E-state index >= 15 is 0 Å². The maximum Gasteiger partial charge on any atom is 0.329 e. The van der Waals surface area contributed by atoms with Crippen molar-refractivity contribution in [3.63, 3.8) is 0 Å². The lowest BCUT2D eigenvalue weighted by Gasteiger charge is -2.09. The third-order valence-corrected chi connectivity index (χ3v) is 6.26. The fourth-order valence-electron chi connectivity index (χ4n) is 3.68. The minimum Gasteiger partial charge on any atom is -0.481 e. The van der Waals surface area contributed by atoms with E-state index in [1.54, 1.807) is 0 Å². The Hall–Kier alpha value is -2.60. The van der Waals surface area contributed by atoms with Gasteiger partial charge in [0.25, 0.3) is 0 Å². The van der Waals surface area contributed by atoms with E-state index in [0.717, 1.165) is 0 Å². The van der Waals surface area contributed by atoms with Gasteiger partial charge in [-0.3, -0.25) is 14.4 Å². The second-order valence-corrected chi connectivity index (χ2v) is 10.8. The number of esters is 1. The van der Waals surface area contributed by atoms with Gasteiger partial charge in [0.2, 0.25) is 5.91 Å². The van der Waals surface area contributed by atoms with Gasteiger partial charge in [0.05, 0.1) is 145 Å². The molecule has 0 saturated heterocycles. The van der Waals surface area contributed by atoms with Gasteiger partial charge >= 0.3 is 17.9 Å². The number of ether oxygens (including phenoxy) is 13. The van der Waals surface area contributed by atoms with Crippen LogP contribution in [0, 0.1) is 0 Å². The summed E-state index contributed by atoms with van der Waals surface area (Å²) in [6.07, 6.45) is 1.20. The summed E-state index contributed by atoms with van der Waals surface area (Å²) in [5.74, 6) is -2.76. The summed E-state index contributed by atoms with van der Waals surface area (Å²) in [4.78, 5) is 43.6. The van der Waals surface area contributed by atoms with E-state index < -0.39 is 24.5 Å². The van der Waals surface area contributed by atoms with Gasteiger partial charge in [0.1, 0.15) is 19.8 Å². The molecule has 20 nitrogen and oxygen atoms in total. The lowest BCUT2D eigenvalue weighted by molar-refractivity contribution is -0.146. The second-order valence-electron chi connectivity index (χ2n) is 10.8. The Morgan fingerprint density at radius 2 is 0.667 bits per heavy atom. The molecular weight excluding hydrogens is 726 g/mol. The number of amides is 1. The summed E-state index contributed by atoms with van der Waals surface area (Å²) in [6, 6.07) is 0. The topological polar surface area (TPSA) is 241 Å². The molecule has 3 N–H and O–H groups in total. The minimum atomic E-state index is -1.13. The Morgan fingerprint density at radius 1 is 0.352 bits per heavy atom. The summed E-state index contributed by atoms with van der Waals surface area (Å²) >= 11 is 0. The molecule has 0 aliphatic rings. The molecule has 0 aromatic carbocycles. The molecule has 0 spiro atoms. The van der Waals surface area contributed by atoms with Crippen LogP contribution in [0.25, 0.3) is 0 Å². The number of carbonyl (C=O) groups is 4. The first-order valence-corrected chi connectivity index (χ1v) is 18.2. The Kier molecular flexibility index (Phi) is 41.1. The van der Waals surface area contributed by atoms with E-state index in [9.17, 15) is 19.2 Å². The summed E-state index contributed by atoms with van der Waals surface area (Å²) in [6.45, 7) is 8.90. The summed E-state index contributed by atoms with van der Waals surface area (Å²) in [5.41, 5.74) is 0. The average molecular weight is 790 g/mol. The molecular formula is C34H63NO19. The van der Waals surface area contributed by atoms with Crippen molar-refractivity contribution in [2.24, 2.45) is 0 Å². The summed E-state index contributed by atoms with van der Waals surface area (Å²) in [5, 5.41) is 19.5. The van der Waals surface area contributed by atoms with Crippen molar-refractivity contribution in [3.8, 4) is 0 Å². The fraction of sp³-hybridized carbons (Fsp3) is 0.882. The molecule has 0 atom stereocenters. The molecule has 0 saturated carbocycles. The van der Waals surface area contributed by atoms with E-state index in [2.05, 4.69) is 10.1 Å². The molecule has 0 heterocycles. The van der Waals surface area contributed by atoms with Crippen LogP contribution >= 0.6 is 0 Å². The lowest BCUT2D eigenvalue weighted by Crippen LogP contribution is -2.31. The number of carboxylic acids is 2. The van der Waals surface area contributed by atoms with E-state index in [1.165, 1.54) is 0 Å². The zero-order valence-corrected chi connectivity index (χ0v) is 31.5. The molecule has 0 aromatic rings. The molecule has 0 rings (SSSR count). The highest BCUT2D eigenvalue weighted by Crippen LogP contribution is 2.01. The van der Waals surface area contributed by atoms with Crippen LogP contribution in [0.3, 0.4) is 0 Å². The number of carboxylic acid groups (broad SMARTS) is 2. The highest BCUT2D eigenvalue weighted by atomic mass is 16.6. The van der Waals surface area contributed by atoms with Gasteiger partial charge in [-0.1, -0.05) is 0 Å². The van der Waals surface area contributed by atoms with Crippen molar-refractivity contribution < 1.29 is 91.0 Å². The van der Waals surface area contributed by atoms with Crippen LogP contribution in [0.4, 0.5) is 0 Å². The van der Waals surface area contributed by atoms with Gasteiger partial charge < -0.3 is 77.1 Å². The molecule has 0 unspecified atom stereocenters. The first kappa shape index (κ1) is 51.4. The van der Waals surface area contributed by atoms with Crippen LogP contribution in [0.2, 0.25) is 0 Å². The van der Waals surface area contributed by atoms with Gasteiger partial charge in [-0.2, -0.15) is 0 Å². The first-order chi connectivity index (χ1) is 26.4. The van der Waals surface area contributed by atoms with Gasteiger partial charge in [-0.25, -0.2) is 4.79 Å². The van der Waals surface area contributed by atoms with Crippen molar-refractivity contribution in [3.05, 3.63) is 0 Å². The monoisotopic (exact) mass is 789 g/mol. The maximum absolute atomic E-state index is 11.5. The van der Waals surface area contributed by atoms with Gasteiger partial charge in [-0.15, -0.1) is 0 Å². The number of rotatable bonds is 45. The van der Waals surface area contributed by atoms with E-state index in [0.29, 0.717) is 158 Å². The quantitative estimate of drug-likeness (QED) is 0.0524. The Balaban J connectivity index is 3.13. The largest absolute Gasteiger partial charge is 0.481 e. The SMILES string of the molecule is O=C(O)CCCCC(=O)OCCOCCOCCOCCOCCOCCOCCOCCOCCOCCOCCOCCNC(=O)COCC(=O)O. The van der Waals surface area contributed by atoms with Gasteiger partial charge in [0.15, 0.2) is 0 Å². The Labute approximate surface area is 317 Å². The molecule has 318 valence electrons. The molecule has 0 fully saturated rings. The predicted octanol–water partition coefficient (Wildman–Crippen LogP) is -0.425. The normalized spacial score (nSPS) is 11.2. The number of nitrogens with one attached hydrogen (secondary N) is 1. The van der Waals surface area contributed by atoms with Gasteiger partial charge in [-0.05, 0) is 12.8 Å². The molecule has 0 aliphatic heterocycles. The van der Waals surface area contributed by atoms with Crippen LogP contribution in [0.1, 0.15) is 25.7 Å². The van der Waals surface area contributed by atoms with Crippen LogP contribution in [0.5, 0.6) is 0 Å². The summed E-state index contributed by atoms with van der Waals surface area (Å²) < 4.78 is 69.2. The number of unbranched alkanes of at least 4 members (excludes halogenated alkanes) is 1. The zero-order chi connectivity index (χ0) is 39.4. The second kappa shape index (κ2) is 43.1. The van der Waals surface area contributed by atoms with Gasteiger partial charge in [0, 0.05) is 19.4 Å². The van der Waals surface area contributed by atoms with E-state index in [4.69, 9.17) is 67.1 Å². The molecule has 54 heavy (non-hydrogen) atoms. The van der Waals surface area contributed by atoms with Crippen molar-refractivity contribution in [2.45, 2.75) is 25.7 Å². The molecule has 0 bridgehead atoms. The van der Waals surface area contributed by atoms with Crippen LogP contribution in [0.15, 0.2) is 0 Å². The number of carbonyl (C=O) groups excluding carboxylic acids is 2. The van der Waals surface area contributed by atoms with Crippen LogP contribution in [-0.4, -0.2) is 206 Å². The van der Waals surface area contributed by atoms with E-state index in [1.807, 2.05) is 0 Å². The number of aliphatic carboxylic acids is 2. The molecule has 0 radical (unpaired) electrons.